The summed E-state index contributed by atoms with van der Waals surface area (Å²) in [5, 5.41) is 12.5. The Hall–Kier alpha value is -0.650. The van der Waals surface area contributed by atoms with Crippen molar-refractivity contribution in [1.82, 2.24) is 5.32 Å². The maximum atomic E-state index is 11.5. The predicted molar refractivity (Wildman–Crippen MR) is 63.0 cm³/mol. The van der Waals surface area contributed by atoms with Gasteiger partial charge in [-0.15, -0.1) is 0 Å². The molecule has 0 aromatic heterocycles. The quantitative estimate of drug-likeness (QED) is 0.550. The SMILES string of the molecule is CCCC(N)C(=O)NCC(C)(O)CCOC. The standard InChI is InChI=1S/C11H24N2O3/c1-4-5-9(12)10(14)13-8-11(2,15)6-7-16-3/h9,15H,4-8,12H2,1-3H3,(H,13,14). The summed E-state index contributed by atoms with van der Waals surface area (Å²) in [5.41, 5.74) is 4.69. The van der Waals surface area contributed by atoms with Crippen molar-refractivity contribution < 1.29 is 14.6 Å². The Morgan fingerprint density at radius 1 is 1.62 bits per heavy atom. The number of nitrogens with one attached hydrogen (secondary N) is 1. The van der Waals surface area contributed by atoms with E-state index in [4.69, 9.17) is 10.5 Å². The first-order chi connectivity index (χ1) is 7.43. The molecule has 0 aromatic carbocycles. The molecule has 5 heteroatoms. The van der Waals surface area contributed by atoms with Crippen LogP contribution in [0.3, 0.4) is 0 Å². The lowest BCUT2D eigenvalue weighted by Gasteiger charge is -2.24. The molecule has 0 bridgehead atoms. The van der Waals surface area contributed by atoms with Crippen LogP contribution in [0.25, 0.3) is 0 Å². The number of hydrogen-bond acceptors (Lipinski definition) is 4. The topological polar surface area (TPSA) is 84.6 Å². The second-order valence-electron chi connectivity index (χ2n) is 4.35. The van der Waals surface area contributed by atoms with Gasteiger partial charge in [-0.05, 0) is 13.3 Å². The van der Waals surface area contributed by atoms with Crippen LogP contribution in [0.15, 0.2) is 0 Å². The van der Waals surface area contributed by atoms with E-state index < -0.39 is 11.6 Å². The van der Waals surface area contributed by atoms with E-state index in [0.717, 1.165) is 6.42 Å². The van der Waals surface area contributed by atoms with Gasteiger partial charge in [-0.1, -0.05) is 13.3 Å². The molecule has 0 saturated heterocycles. The molecule has 0 aliphatic heterocycles. The highest BCUT2D eigenvalue weighted by Crippen LogP contribution is 2.07. The van der Waals surface area contributed by atoms with Gasteiger partial charge in [0.25, 0.3) is 0 Å². The zero-order valence-corrected chi connectivity index (χ0v) is 10.5. The Morgan fingerprint density at radius 3 is 2.75 bits per heavy atom. The summed E-state index contributed by atoms with van der Waals surface area (Å²) < 4.78 is 4.87. The van der Waals surface area contributed by atoms with Crippen molar-refractivity contribution in [2.24, 2.45) is 5.73 Å². The highest BCUT2D eigenvalue weighted by molar-refractivity contribution is 5.81. The van der Waals surface area contributed by atoms with E-state index in [1.807, 2.05) is 6.92 Å². The smallest absolute Gasteiger partial charge is 0.237 e. The van der Waals surface area contributed by atoms with Gasteiger partial charge in [-0.2, -0.15) is 0 Å². The van der Waals surface area contributed by atoms with E-state index in [1.165, 1.54) is 0 Å². The van der Waals surface area contributed by atoms with Crippen LogP contribution in [-0.4, -0.2) is 42.9 Å². The van der Waals surface area contributed by atoms with Crippen LogP contribution in [0.4, 0.5) is 0 Å². The molecular weight excluding hydrogens is 208 g/mol. The summed E-state index contributed by atoms with van der Waals surface area (Å²) in [5.74, 6) is -0.209. The van der Waals surface area contributed by atoms with Crippen molar-refractivity contribution in [3.63, 3.8) is 0 Å². The highest BCUT2D eigenvalue weighted by Gasteiger charge is 2.22. The first-order valence-electron chi connectivity index (χ1n) is 5.67. The van der Waals surface area contributed by atoms with Crippen LogP contribution in [0.5, 0.6) is 0 Å². The summed E-state index contributed by atoms with van der Waals surface area (Å²) >= 11 is 0. The van der Waals surface area contributed by atoms with E-state index in [1.54, 1.807) is 14.0 Å². The summed E-state index contributed by atoms with van der Waals surface area (Å²) in [7, 11) is 1.58. The predicted octanol–water partition coefficient (Wildman–Crippen LogP) is 0.0175. The summed E-state index contributed by atoms with van der Waals surface area (Å²) in [6.07, 6.45) is 2.01. The highest BCUT2D eigenvalue weighted by atomic mass is 16.5. The minimum atomic E-state index is -0.947. The molecular formula is C11H24N2O3. The third kappa shape index (κ3) is 6.76. The number of ether oxygens (including phenoxy) is 1. The molecule has 0 spiro atoms. The molecule has 0 saturated carbocycles. The minimum Gasteiger partial charge on any atom is -0.388 e. The van der Waals surface area contributed by atoms with Gasteiger partial charge in [0.05, 0.1) is 11.6 Å². The number of aliphatic hydroxyl groups is 1. The maximum Gasteiger partial charge on any atom is 0.237 e. The van der Waals surface area contributed by atoms with E-state index in [-0.39, 0.29) is 12.5 Å². The minimum absolute atomic E-state index is 0.201. The van der Waals surface area contributed by atoms with Crippen molar-refractivity contribution in [2.45, 2.75) is 44.8 Å². The summed E-state index contributed by atoms with van der Waals surface area (Å²) in [4.78, 5) is 11.5. The number of amides is 1. The molecule has 4 N–H and O–H groups in total. The molecule has 0 aromatic rings. The second-order valence-corrected chi connectivity index (χ2v) is 4.35. The van der Waals surface area contributed by atoms with E-state index in [2.05, 4.69) is 5.32 Å². The molecule has 0 fully saturated rings. The number of rotatable bonds is 8. The van der Waals surface area contributed by atoms with Crippen molar-refractivity contribution in [3.8, 4) is 0 Å². The Bertz CT molecular complexity index is 207. The molecule has 0 radical (unpaired) electrons. The molecule has 0 aliphatic rings. The van der Waals surface area contributed by atoms with Crippen molar-refractivity contribution in [3.05, 3.63) is 0 Å². The maximum absolute atomic E-state index is 11.5. The van der Waals surface area contributed by atoms with Gasteiger partial charge in [0, 0.05) is 26.7 Å². The lowest BCUT2D eigenvalue weighted by molar-refractivity contribution is -0.123. The largest absolute Gasteiger partial charge is 0.388 e. The molecule has 0 aliphatic carbocycles. The van der Waals surface area contributed by atoms with Gasteiger partial charge in [0.2, 0.25) is 5.91 Å². The van der Waals surface area contributed by atoms with Crippen LogP contribution in [0, 0.1) is 0 Å². The molecule has 2 unspecified atom stereocenters. The Labute approximate surface area is 97.3 Å². The van der Waals surface area contributed by atoms with Crippen molar-refractivity contribution in [1.29, 1.82) is 0 Å². The van der Waals surface area contributed by atoms with Crippen molar-refractivity contribution in [2.75, 3.05) is 20.3 Å². The average molecular weight is 232 g/mol. The van der Waals surface area contributed by atoms with Crippen LogP contribution < -0.4 is 11.1 Å². The number of carbonyl (C=O) groups excluding carboxylic acids is 1. The van der Waals surface area contributed by atoms with Gasteiger partial charge in [0.15, 0.2) is 0 Å². The van der Waals surface area contributed by atoms with E-state index >= 15 is 0 Å². The zero-order chi connectivity index (χ0) is 12.6. The molecule has 1 amide bonds. The molecule has 96 valence electrons. The second kappa shape index (κ2) is 7.60. The number of carbonyl (C=O) groups is 1. The Morgan fingerprint density at radius 2 is 2.25 bits per heavy atom. The molecule has 2 atom stereocenters. The van der Waals surface area contributed by atoms with Crippen LogP contribution >= 0.6 is 0 Å². The lowest BCUT2D eigenvalue weighted by atomic mass is 10.0. The van der Waals surface area contributed by atoms with Gasteiger partial charge < -0.3 is 20.9 Å². The zero-order valence-electron chi connectivity index (χ0n) is 10.5. The van der Waals surface area contributed by atoms with Crippen LogP contribution in [0.1, 0.15) is 33.1 Å². The monoisotopic (exact) mass is 232 g/mol. The van der Waals surface area contributed by atoms with Gasteiger partial charge in [-0.25, -0.2) is 0 Å². The third-order valence-corrected chi connectivity index (χ3v) is 2.42. The molecule has 16 heavy (non-hydrogen) atoms. The van der Waals surface area contributed by atoms with E-state index in [0.29, 0.717) is 19.4 Å². The third-order valence-electron chi connectivity index (χ3n) is 2.42. The normalized spacial score (nSPS) is 16.6. The summed E-state index contributed by atoms with van der Waals surface area (Å²) in [6.45, 7) is 4.30. The Kier molecular flexibility index (Phi) is 7.29. The van der Waals surface area contributed by atoms with Crippen molar-refractivity contribution >= 4 is 5.91 Å². The Balaban J connectivity index is 3.89. The molecule has 0 heterocycles. The summed E-state index contributed by atoms with van der Waals surface area (Å²) in [6, 6.07) is -0.483. The van der Waals surface area contributed by atoms with Gasteiger partial charge in [0.1, 0.15) is 0 Å². The van der Waals surface area contributed by atoms with E-state index in [9.17, 15) is 9.90 Å². The average Bonchev–Trinajstić information content (AvgIpc) is 2.23. The fraction of sp³-hybridized carbons (Fsp3) is 0.909. The lowest BCUT2D eigenvalue weighted by Crippen LogP contribution is -2.47. The van der Waals surface area contributed by atoms with Crippen LogP contribution in [0.2, 0.25) is 0 Å². The van der Waals surface area contributed by atoms with Crippen LogP contribution in [-0.2, 0) is 9.53 Å². The fourth-order valence-corrected chi connectivity index (χ4v) is 1.26. The first kappa shape index (κ1) is 15.3. The molecule has 5 nitrogen and oxygen atoms in total. The molecule has 0 rings (SSSR count). The number of nitrogens with two attached hydrogens (primary N) is 1. The number of hydrogen-bond donors (Lipinski definition) is 3. The number of methoxy groups -OCH3 is 1. The first-order valence-corrected chi connectivity index (χ1v) is 5.67. The fourth-order valence-electron chi connectivity index (χ4n) is 1.26. The van der Waals surface area contributed by atoms with Gasteiger partial charge in [-0.3, -0.25) is 4.79 Å². The van der Waals surface area contributed by atoms with Gasteiger partial charge >= 0.3 is 0 Å².